The zero-order valence-corrected chi connectivity index (χ0v) is 17.9. The quantitative estimate of drug-likeness (QED) is 0.394. The lowest BCUT2D eigenvalue weighted by atomic mass is 10.1. The van der Waals surface area contributed by atoms with Crippen molar-refractivity contribution in [2.24, 2.45) is 0 Å². The number of rotatable bonds is 7. The molecule has 0 radical (unpaired) electrons. The SMILES string of the molecule is COC(=O)c1ccc(C=C2SC(=S)N(CCCC(=O)Nc3nccs3)C2=O)cc1. The lowest BCUT2D eigenvalue weighted by Crippen LogP contribution is -2.29. The second-order valence-electron chi connectivity index (χ2n) is 5.94. The zero-order valence-electron chi connectivity index (χ0n) is 15.4. The molecule has 0 atom stereocenters. The Morgan fingerprint density at radius 3 is 2.72 bits per heavy atom. The number of carbonyl (C=O) groups excluding carboxylic acids is 3. The predicted molar refractivity (Wildman–Crippen MR) is 118 cm³/mol. The van der Waals surface area contributed by atoms with E-state index in [4.69, 9.17) is 12.2 Å². The van der Waals surface area contributed by atoms with Crippen molar-refractivity contribution >= 4 is 68.6 Å². The standard InChI is InChI=1S/C19H17N3O4S3/c1-26-17(25)13-6-4-12(5-7-13)11-14-16(24)22(19(27)29-14)9-2-3-15(23)21-18-20-8-10-28-18/h4-8,10-11H,2-3,9H2,1H3,(H,20,21,23). The predicted octanol–water partition coefficient (Wildman–Crippen LogP) is 3.55. The summed E-state index contributed by atoms with van der Waals surface area (Å²) >= 11 is 7.88. The Labute approximate surface area is 181 Å². The molecule has 1 N–H and O–H groups in total. The fraction of sp³-hybridized carbons (Fsp3) is 0.211. The summed E-state index contributed by atoms with van der Waals surface area (Å²) in [6.45, 7) is 0.370. The van der Waals surface area contributed by atoms with Gasteiger partial charge >= 0.3 is 5.97 Å². The fourth-order valence-electron chi connectivity index (χ4n) is 2.54. The molecule has 1 aliphatic heterocycles. The summed E-state index contributed by atoms with van der Waals surface area (Å²) in [6.07, 6.45) is 4.11. The van der Waals surface area contributed by atoms with Gasteiger partial charge in [0.2, 0.25) is 5.91 Å². The molecule has 1 aliphatic rings. The Morgan fingerprint density at radius 1 is 1.31 bits per heavy atom. The highest BCUT2D eigenvalue weighted by Crippen LogP contribution is 2.32. The number of hydrogen-bond acceptors (Lipinski definition) is 8. The third-order valence-corrected chi connectivity index (χ3v) is 6.03. The van der Waals surface area contributed by atoms with Crippen molar-refractivity contribution in [1.29, 1.82) is 0 Å². The van der Waals surface area contributed by atoms with Crippen LogP contribution in [-0.4, -0.2) is 45.6 Å². The van der Waals surface area contributed by atoms with Crippen LogP contribution >= 0.6 is 35.3 Å². The van der Waals surface area contributed by atoms with E-state index >= 15 is 0 Å². The first-order valence-corrected chi connectivity index (χ1v) is 10.7. The van der Waals surface area contributed by atoms with E-state index in [2.05, 4.69) is 15.0 Å². The van der Waals surface area contributed by atoms with Crippen LogP contribution in [0.1, 0.15) is 28.8 Å². The number of ether oxygens (including phenoxy) is 1. The van der Waals surface area contributed by atoms with Crippen LogP contribution in [0.5, 0.6) is 0 Å². The Bertz CT molecular complexity index is 956. The fourth-order valence-corrected chi connectivity index (χ4v) is 4.40. The summed E-state index contributed by atoms with van der Waals surface area (Å²) in [5.74, 6) is -0.745. The Morgan fingerprint density at radius 2 is 2.07 bits per heavy atom. The van der Waals surface area contributed by atoms with Crippen LogP contribution in [0.2, 0.25) is 0 Å². The van der Waals surface area contributed by atoms with Crippen molar-refractivity contribution in [3.05, 3.63) is 51.9 Å². The first kappa shape index (κ1) is 21.2. The van der Waals surface area contributed by atoms with Gasteiger partial charge in [-0.15, -0.1) is 11.3 Å². The molecule has 3 rings (SSSR count). The number of hydrogen-bond donors (Lipinski definition) is 1. The highest BCUT2D eigenvalue weighted by Gasteiger charge is 2.31. The number of nitrogens with one attached hydrogen (secondary N) is 1. The third-order valence-electron chi connectivity index (χ3n) is 3.97. The second kappa shape index (κ2) is 9.77. The second-order valence-corrected chi connectivity index (χ2v) is 8.51. The van der Waals surface area contributed by atoms with Gasteiger partial charge in [-0.1, -0.05) is 36.1 Å². The highest BCUT2D eigenvalue weighted by molar-refractivity contribution is 8.26. The monoisotopic (exact) mass is 447 g/mol. The molecule has 10 heteroatoms. The molecule has 2 heterocycles. The average molecular weight is 448 g/mol. The number of thiocarbonyl (C=S) groups is 1. The Hall–Kier alpha value is -2.56. The largest absolute Gasteiger partial charge is 0.465 e. The Balaban J connectivity index is 1.55. The molecule has 29 heavy (non-hydrogen) atoms. The number of amides is 2. The van der Waals surface area contributed by atoms with Gasteiger partial charge in [-0.2, -0.15) is 0 Å². The molecule has 1 aromatic heterocycles. The van der Waals surface area contributed by atoms with E-state index in [0.29, 0.717) is 32.9 Å². The summed E-state index contributed by atoms with van der Waals surface area (Å²) in [7, 11) is 1.32. The first-order chi connectivity index (χ1) is 14.0. The summed E-state index contributed by atoms with van der Waals surface area (Å²) in [5.41, 5.74) is 1.22. The van der Waals surface area contributed by atoms with E-state index in [1.165, 1.54) is 35.1 Å². The van der Waals surface area contributed by atoms with Crippen LogP contribution in [0, 0.1) is 0 Å². The van der Waals surface area contributed by atoms with E-state index in [1.807, 2.05) is 0 Å². The van der Waals surface area contributed by atoms with Crippen LogP contribution < -0.4 is 5.32 Å². The van der Waals surface area contributed by atoms with E-state index in [0.717, 1.165) is 5.56 Å². The van der Waals surface area contributed by atoms with Crippen molar-refractivity contribution in [3.8, 4) is 0 Å². The van der Waals surface area contributed by atoms with E-state index < -0.39 is 5.97 Å². The van der Waals surface area contributed by atoms with E-state index in [1.54, 1.807) is 41.9 Å². The van der Waals surface area contributed by atoms with Crippen molar-refractivity contribution in [1.82, 2.24) is 9.88 Å². The average Bonchev–Trinajstić information content (AvgIpc) is 3.31. The molecule has 1 fully saturated rings. The van der Waals surface area contributed by atoms with Crippen LogP contribution in [0.25, 0.3) is 6.08 Å². The molecule has 2 aromatic rings. The molecule has 2 amide bonds. The first-order valence-electron chi connectivity index (χ1n) is 8.61. The van der Waals surface area contributed by atoms with Gasteiger partial charge < -0.3 is 10.1 Å². The molecular formula is C19H17N3O4S3. The van der Waals surface area contributed by atoms with Gasteiger partial charge in [0, 0.05) is 24.5 Å². The Kier molecular flexibility index (Phi) is 7.13. The maximum absolute atomic E-state index is 12.6. The van der Waals surface area contributed by atoms with Crippen molar-refractivity contribution in [3.63, 3.8) is 0 Å². The number of aromatic nitrogens is 1. The number of carbonyl (C=O) groups is 3. The number of nitrogens with zero attached hydrogens (tertiary/aromatic N) is 2. The maximum atomic E-state index is 12.6. The van der Waals surface area contributed by atoms with Gasteiger partial charge in [0.25, 0.3) is 5.91 Å². The van der Waals surface area contributed by atoms with Gasteiger partial charge in [0.15, 0.2) is 5.13 Å². The number of thiazole rings is 1. The topological polar surface area (TPSA) is 88.6 Å². The smallest absolute Gasteiger partial charge is 0.337 e. The molecule has 150 valence electrons. The molecular weight excluding hydrogens is 430 g/mol. The number of thioether (sulfide) groups is 1. The number of methoxy groups -OCH3 is 1. The minimum atomic E-state index is -0.415. The lowest BCUT2D eigenvalue weighted by molar-refractivity contribution is -0.122. The lowest BCUT2D eigenvalue weighted by Gasteiger charge is -2.13. The van der Waals surface area contributed by atoms with Crippen molar-refractivity contribution < 1.29 is 19.1 Å². The molecule has 7 nitrogen and oxygen atoms in total. The van der Waals surface area contributed by atoms with Crippen LogP contribution in [0.15, 0.2) is 40.7 Å². The molecule has 1 aromatic carbocycles. The number of benzene rings is 1. The molecule has 0 unspecified atom stereocenters. The normalized spacial score (nSPS) is 15.1. The van der Waals surface area contributed by atoms with Gasteiger partial charge in [-0.3, -0.25) is 14.5 Å². The molecule has 0 aliphatic carbocycles. The van der Waals surface area contributed by atoms with Crippen LogP contribution in [0.4, 0.5) is 5.13 Å². The summed E-state index contributed by atoms with van der Waals surface area (Å²) in [4.78, 5) is 42.1. The van der Waals surface area contributed by atoms with Crippen molar-refractivity contribution in [2.75, 3.05) is 19.0 Å². The molecule has 0 bridgehead atoms. The van der Waals surface area contributed by atoms with Crippen LogP contribution in [-0.2, 0) is 14.3 Å². The maximum Gasteiger partial charge on any atom is 0.337 e. The van der Waals surface area contributed by atoms with Gasteiger partial charge in [-0.05, 0) is 30.2 Å². The molecule has 0 saturated carbocycles. The zero-order chi connectivity index (χ0) is 20.8. The van der Waals surface area contributed by atoms with Crippen LogP contribution in [0.3, 0.4) is 0 Å². The number of esters is 1. The van der Waals surface area contributed by atoms with Gasteiger partial charge in [0.05, 0.1) is 17.6 Å². The van der Waals surface area contributed by atoms with E-state index in [9.17, 15) is 14.4 Å². The summed E-state index contributed by atoms with van der Waals surface area (Å²) in [6, 6.07) is 6.75. The molecule has 1 saturated heterocycles. The van der Waals surface area contributed by atoms with Gasteiger partial charge in [0.1, 0.15) is 4.32 Å². The minimum Gasteiger partial charge on any atom is -0.465 e. The summed E-state index contributed by atoms with van der Waals surface area (Å²) < 4.78 is 5.14. The third kappa shape index (κ3) is 5.49. The number of anilines is 1. The summed E-state index contributed by atoms with van der Waals surface area (Å²) in [5, 5.41) is 5.05. The molecule has 0 spiro atoms. The highest BCUT2D eigenvalue weighted by atomic mass is 32.2. The van der Waals surface area contributed by atoms with Gasteiger partial charge in [-0.25, -0.2) is 9.78 Å². The minimum absolute atomic E-state index is 0.147. The van der Waals surface area contributed by atoms with Crippen molar-refractivity contribution in [2.45, 2.75) is 12.8 Å². The van der Waals surface area contributed by atoms with E-state index in [-0.39, 0.29) is 18.2 Å².